The molecule has 0 aliphatic heterocycles. The van der Waals surface area contributed by atoms with Crippen molar-refractivity contribution in [3.8, 4) is 0 Å². The van der Waals surface area contributed by atoms with Crippen LogP contribution < -0.4 is 10.6 Å². The van der Waals surface area contributed by atoms with Gasteiger partial charge in [-0.25, -0.2) is 4.98 Å². The zero-order valence-corrected chi connectivity index (χ0v) is 10.8. The third-order valence-corrected chi connectivity index (χ3v) is 3.00. The maximum atomic E-state index is 11.6. The van der Waals surface area contributed by atoms with Gasteiger partial charge in [0.25, 0.3) is 0 Å². The van der Waals surface area contributed by atoms with Crippen LogP contribution in [-0.2, 0) is 9.53 Å². The molecule has 0 saturated heterocycles. The molecule has 2 N–H and O–H groups in total. The fraction of sp³-hybridized carbons (Fsp3) is 0.538. The number of hydrogen-bond acceptors (Lipinski definition) is 5. The molecule has 1 aromatic heterocycles. The molecule has 0 bridgehead atoms. The summed E-state index contributed by atoms with van der Waals surface area (Å²) >= 11 is 0. The molecule has 0 amide bonds. The number of rotatable bonds is 5. The van der Waals surface area contributed by atoms with Crippen molar-refractivity contribution in [2.45, 2.75) is 32.7 Å². The Morgan fingerprint density at radius 1 is 1.56 bits per heavy atom. The van der Waals surface area contributed by atoms with E-state index in [9.17, 15) is 4.79 Å². The lowest BCUT2D eigenvalue weighted by Crippen LogP contribution is -2.33. The lowest BCUT2D eigenvalue weighted by Gasteiger charge is -2.22. The number of pyridine rings is 1. The number of nitrogen functional groups attached to an aromatic ring is 1. The first-order valence-electron chi connectivity index (χ1n) is 6.27. The number of carbonyl (C=O) groups excluding carboxylic acids is 1. The number of esters is 1. The van der Waals surface area contributed by atoms with Crippen molar-refractivity contribution in [1.82, 2.24) is 4.98 Å². The molecule has 5 heteroatoms. The van der Waals surface area contributed by atoms with Crippen LogP contribution in [0.15, 0.2) is 12.1 Å². The molecule has 18 heavy (non-hydrogen) atoms. The molecule has 0 spiro atoms. The number of aromatic nitrogens is 1. The van der Waals surface area contributed by atoms with Crippen molar-refractivity contribution in [3.05, 3.63) is 17.8 Å². The molecule has 0 aromatic carbocycles. The number of aryl methyl sites for hydroxylation is 1. The minimum atomic E-state index is -0.208. The average molecular weight is 249 g/mol. The monoisotopic (exact) mass is 249 g/mol. The molecule has 1 aromatic rings. The van der Waals surface area contributed by atoms with Gasteiger partial charge < -0.3 is 15.4 Å². The van der Waals surface area contributed by atoms with Gasteiger partial charge >= 0.3 is 5.97 Å². The van der Waals surface area contributed by atoms with Crippen LogP contribution in [0.5, 0.6) is 0 Å². The van der Waals surface area contributed by atoms with Crippen molar-refractivity contribution in [2.24, 2.45) is 0 Å². The zero-order chi connectivity index (χ0) is 13.1. The summed E-state index contributed by atoms with van der Waals surface area (Å²) in [7, 11) is 0. The van der Waals surface area contributed by atoms with E-state index in [4.69, 9.17) is 10.5 Å². The highest BCUT2D eigenvalue weighted by Gasteiger charge is 2.31. The van der Waals surface area contributed by atoms with Gasteiger partial charge in [0.15, 0.2) is 0 Å². The summed E-state index contributed by atoms with van der Waals surface area (Å²) in [5.74, 6) is 0.595. The Morgan fingerprint density at radius 2 is 2.28 bits per heavy atom. The second-order valence-corrected chi connectivity index (χ2v) is 4.51. The lowest BCUT2D eigenvalue weighted by molar-refractivity contribution is -0.141. The molecule has 0 atom stereocenters. The molecule has 0 radical (unpaired) electrons. The number of anilines is 2. The van der Waals surface area contributed by atoms with E-state index in [1.54, 1.807) is 0 Å². The number of hydrogen-bond donors (Lipinski definition) is 1. The van der Waals surface area contributed by atoms with Crippen LogP contribution in [0.4, 0.5) is 11.5 Å². The molecular formula is C13H19N3O2. The first kappa shape index (κ1) is 12.7. The summed E-state index contributed by atoms with van der Waals surface area (Å²) in [6, 6.07) is 4.10. The van der Waals surface area contributed by atoms with E-state index >= 15 is 0 Å². The number of ether oxygens (including phenoxy) is 1. The maximum Gasteiger partial charge on any atom is 0.325 e. The average Bonchev–Trinajstić information content (AvgIpc) is 3.14. The molecule has 1 aliphatic carbocycles. The quantitative estimate of drug-likeness (QED) is 0.801. The van der Waals surface area contributed by atoms with Gasteiger partial charge in [0.1, 0.15) is 12.4 Å². The smallest absolute Gasteiger partial charge is 0.325 e. The highest BCUT2D eigenvalue weighted by Crippen LogP contribution is 2.31. The standard InChI is InChI=1S/C13H19N3O2/c1-3-18-13(17)8-16(10-4-5-10)12-7-6-11(14)9(2)15-12/h6-7,10H,3-5,8,14H2,1-2H3. The second kappa shape index (κ2) is 5.25. The van der Waals surface area contributed by atoms with Gasteiger partial charge in [-0.1, -0.05) is 0 Å². The van der Waals surface area contributed by atoms with E-state index in [1.807, 2.05) is 30.9 Å². The van der Waals surface area contributed by atoms with Gasteiger partial charge in [0.2, 0.25) is 0 Å². The van der Waals surface area contributed by atoms with Crippen LogP contribution in [0.2, 0.25) is 0 Å². The summed E-state index contributed by atoms with van der Waals surface area (Å²) in [6.07, 6.45) is 2.20. The van der Waals surface area contributed by atoms with Crippen molar-refractivity contribution >= 4 is 17.5 Å². The van der Waals surface area contributed by atoms with E-state index in [1.165, 1.54) is 0 Å². The van der Waals surface area contributed by atoms with Gasteiger partial charge in [0.05, 0.1) is 18.0 Å². The Kier molecular flexibility index (Phi) is 3.69. The topological polar surface area (TPSA) is 68.5 Å². The minimum absolute atomic E-state index is 0.208. The molecule has 1 heterocycles. The molecule has 2 rings (SSSR count). The van der Waals surface area contributed by atoms with Crippen molar-refractivity contribution in [1.29, 1.82) is 0 Å². The van der Waals surface area contributed by atoms with E-state index in [0.717, 1.165) is 24.4 Å². The van der Waals surface area contributed by atoms with E-state index < -0.39 is 0 Å². The fourth-order valence-electron chi connectivity index (χ4n) is 1.85. The van der Waals surface area contributed by atoms with E-state index in [2.05, 4.69) is 4.98 Å². The summed E-state index contributed by atoms with van der Waals surface area (Å²) < 4.78 is 4.99. The van der Waals surface area contributed by atoms with Gasteiger partial charge in [-0.2, -0.15) is 0 Å². The Labute approximate surface area is 107 Å². The second-order valence-electron chi connectivity index (χ2n) is 4.51. The van der Waals surface area contributed by atoms with Crippen LogP contribution in [0.1, 0.15) is 25.5 Å². The Hall–Kier alpha value is -1.78. The summed E-state index contributed by atoms with van der Waals surface area (Å²) in [4.78, 5) is 18.0. The highest BCUT2D eigenvalue weighted by molar-refractivity contribution is 5.76. The van der Waals surface area contributed by atoms with Crippen LogP contribution in [0.25, 0.3) is 0 Å². The third kappa shape index (κ3) is 2.91. The maximum absolute atomic E-state index is 11.6. The Balaban J connectivity index is 2.14. The van der Waals surface area contributed by atoms with Crippen LogP contribution in [0.3, 0.4) is 0 Å². The molecule has 1 aliphatic rings. The Morgan fingerprint density at radius 3 is 2.83 bits per heavy atom. The minimum Gasteiger partial charge on any atom is -0.465 e. The SMILES string of the molecule is CCOC(=O)CN(c1ccc(N)c(C)n1)C1CC1. The summed E-state index contributed by atoms with van der Waals surface area (Å²) in [5, 5.41) is 0. The van der Waals surface area contributed by atoms with Crippen molar-refractivity contribution < 1.29 is 9.53 Å². The van der Waals surface area contributed by atoms with Crippen molar-refractivity contribution in [3.63, 3.8) is 0 Å². The fourth-order valence-corrected chi connectivity index (χ4v) is 1.85. The molecular weight excluding hydrogens is 230 g/mol. The molecule has 1 saturated carbocycles. The molecule has 1 fully saturated rings. The molecule has 5 nitrogen and oxygen atoms in total. The van der Waals surface area contributed by atoms with Gasteiger partial charge in [-0.05, 0) is 38.8 Å². The van der Waals surface area contributed by atoms with E-state index in [0.29, 0.717) is 18.3 Å². The van der Waals surface area contributed by atoms with Gasteiger partial charge in [-0.3, -0.25) is 4.79 Å². The zero-order valence-electron chi connectivity index (χ0n) is 10.8. The number of carbonyl (C=O) groups is 1. The Bertz CT molecular complexity index is 444. The van der Waals surface area contributed by atoms with Crippen LogP contribution >= 0.6 is 0 Å². The predicted octanol–water partition coefficient (Wildman–Crippen LogP) is 1.50. The van der Waals surface area contributed by atoms with Crippen LogP contribution in [-0.4, -0.2) is 30.1 Å². The normalized spacial score (nSPS) is 14.3. The predicted molar refractivity (Wildman–Crippen MR) is 70.4 cm³/mol. The van der Waals surface area contributed by atoms with Gasteiger partial charge in [0, 0.05) is 6.04 Å². The number of nitrogens with zero attached hydrogens (tertiary/aromatic N) is 2. The summed E-state index contributed by atoms with van der Waals surface area (Å²) in [6.45, 7) is 4.35. The first-order valence-corrected chi connectivity index (χ1v) is 6.27. The number of nitrogens with two attached hydrogens (primary N) is 1. The third-order valence-electron chi connectivity index (χ3n) is 3.00. The van der Waals surface area contributed by atoms with Gasteiger partial charge in [-0.15, -0.1) is 0 Å². The van der Waals surface area contributed by atoms with Crippen molar-refractivity contribution in [2.75, 3.05) is 23.8 Å². The first-order chi connectivity index (χ1) is 8.61. The lowest BCUT2D eigenvalue weighted by atomic mass is 10.3. The summed E-state index contributed by atoms with van der Waals surface area (Å²) in [5.41, 5.74) is 7.22. The van der Waals surface area contributed by atoms with Crippen LogP contribution in [0, 0.1) is 6.92 Å². The highest BCUT2D eigenvalue weighted by atomic mass is 16.5. The van der Waals surface area contributed by atoms with E-state index in [-0.39, 0.29) is 12.5 Å². The molecule has 98 valence electrons. The molecule has 0 unspecified atom stereocenters. The largest absolute Gasteiger partial charge is 0.465 e.